The minimum absolute atomic E-state index is 0.219. The van der Waals surface area contributed by atoms with Crippen LogP contribution in [0.15, 0.2) is 30.5 Å². The van der Waals surface area contributed by atoms with E-state index in [0.29, 0.717) is 6.54 Å². The Hall–Kier alpha value is -1.32. The second-order valence-electron chi connectivity index (χ2n) is 4.41. The monoisotopic (exact) mass is 232 g/mol. The standard InChI is InChI=1S/C14H20N2O/c1-11(17-2)10-16-9-7-13-5-3-4-12(6-8-15)14(13)16/h3-5,7,9,11H,6,8,10,15H2,1-2H3. The first-order valence-corrected chi connectivity index (χ1v) is 6.06. The molecule has 2 aromatic rings. The Bertz CT molecular complexity index is 490. The quantitative estimate of drug-likeness (QED) is 0.858. The number of fused-ring (bicyclic) bond motifs is 1. The predicted molar refractivity (Wildman–Crippen MR) is 71.2 cm³/mol. The Morgan fingerprint density at radius 3 is 2.88 bits per heavy atom. The molecule has 0 saturated carbocycles. The molecular formula is C14H20N2O. The predicted octanol–water partition coefficient (Wildman–Crippen LogP) is 2.18. The number of aromatic nitrogens is 1. The van der Waals surface area contributed by atoms with Gasteiger partial charge in [0, 0.05) is 19.9 Å². The van der Waals surface area contributed by atoms with Crippen LogP contribution in [0.5, 0.6) is 0 Å². The maximum Gasteiger partial charge on any atom is 0.0722 e. The van der Waals surface area contributed by atoms with Crippen LogP contribution in [0, 0.1) is 0 Å². The van der Waals surface area contributed by atoms with Gasteiger partial charge in [-0.15, -0.1) is 0 Å². The van der Waals surface area contributed by atoms with Gasteiger partial charge in [-0.1, -0.05) is 18.2 Å². The summed E-state index contributed by atoms with van der Waals surface area (Å²) in [6.07, 6.45) is 3.26. The van der Waals surface area contributed by atoms with Crippen LogP contribution in [0.2, 0.25) is 0 Å². The number of nitrogens with two attached hydrogens (primary N) is 1. The van der Waals surface area contributed by atoms with E-state index in [-0.39, 0.29) is 6.10 Å². The van der Waals surface area contributed by atoms with Crippen LogP contribution in [-0.4, -0.2) is 24.3 Å². The van der Waals surface area contributed by atoms with Crippen molar-refractivity contribution in [3.63, 3.8) is 0 Å². The van der Waals surface area contributed by atoms with Crippen LogP contribution >= 0.6 is 0 Å². The molecule has 17 heavy (non-hydrogen) atoms. The fourth-order valence-electron chi connectivity index (χ4n) is 2.20. The summed E-state index contributed by atoms with van der Waals surface area (Å²) >= 11 is 0. The Balaban J connectivity index is 2.42. The molecule has 2 N–H and O–H groups in total. The molecule has 92 valence electrons. The molecule has 0 bridgehead atoms. The van der Waals surface area contributed by atoms with Gasteiger partial charge in [0.15, 0.2) is 0 Å². The molecule has 1 aromatic carbocycles. The van der Waals surface area contributed by atoms with Crippen LogP contribution in [0.4, 0.5) is 0 Å². The normalized spacial score (nSPS) is 13.1. The second-order valence-corrected chi connectivity index (χ2v) is 4.41. The van der Waals surface area contributed by atoms with Crippen molar-refractivity contribution in [2.45, 2.75) is 26.0 Å². The zero-order valence-electron chi connectivity index (χ0n) is 10.5. The van der Waals surface area contributed by atoms with Crippen LogP contribution in [0.1, 0.15) is 12.5 Å². The summed E-state index contributed by atoms with van der Waals surface area (Å²) in [5, 5.41) is 1.28. The number of para-hydroxylation sites is 1. The van der Waals surface area contributed by atoms with Crippen LogP contribution in [0.3, 0.4) is 0 Å². The van der Waals surface area contributed by atoms with Gasteiger partial charge in [-0.2, -0.15) is 0 Å². The van der Waals surface area contributed by atoms with Crippen molar-refractivity contribution in [3.05, 3.63) is 36.0 Å². The summed E-state index contributed by atoms with van der Waals surface area (Å²) < 4.78 is 7.59. The minimum Gasteiger partial charge on any atom is -0.380 e. The number of ether oxygens (including phenoxy) is 1. The number of hydrogen-bond acceptors (Lipinski definition) is 2. The Morgan fingerprint density at radius 1 is 1.35 bits per heavy atom. The average molecular weight is 232 g/mol. The van der Waals surface area contributed by atoms with E-state index >= 15 is 0 Å². The fourth-order valence-corrected chi connectivity index (χ4v) is 2.20. The molecule has 1 atom stereocenters. The Morgan fingerprint density at radius 2 is 2.18 bits per heavy atom. The lowest BCUT2D eigenvalue weighted by molar-refractivity contribution is 0.104. The molecule has 1 unspecified atom stereocenters. The molecule has 3 heteroatoms. The van der Waals surface area contributed by atoms with Gasteiger partial charge in [0.25, 0.3) is 0 Å². The highest BCUT2D eigenvalue weighted by Gasteiger charge is 2.08. The van der Waals surface area contributed by atoms with Crippen molar-refractivity contribution in [2.24, 2.45) is 5.73 Å². The number of benzene rings is 1. The molecule has 0 spiro atoms. The van der Waals surface area contributed by atoms with E-state index in [1.807, 2.05) is 0 Å². The largest absolute Gasteiger partial charge is 0.380 e. The zero-order chi connectivity index (χ0) is 12.3. The van der Waals surface area contributed by atoms with Gasteiger partial charge in [-0.25, -0.2) is 0 Å². The lowest BCUT2D eigenvalue weighted by atomic mass is 10.1. The van der Waals surface area contributed by atoms with E-state index in [0.717, 1.165) is 13.0 Å². The van der Waals surface area contributed by atoms with Crippen molar-refractivity contribution in [1.82, 2.24) is 4.57 Å². The first-order valence-electron chi connectivity index (χ1n) is 6.06. The van der Waals surface area contributed by atoms with Crippen molar-refractivity contribution in [3.8, 4) is 0 Å². The Labute approximate surface area is 102 Å². The Kier molecular flexibility index (Phi) is 3.82. The van der Waals surface area contributed by atoms with Crippen LogP contribution in [-0.2, 0) is 17.7 Å². The summed E-state index contributed by atoms with van der Waals surface area (Å²) in [6.45, 7) is 3.64. The third-order valence-electron chi connectivity index (χ3n) is 3.14. The minimum atomic E-state index is 0.219. The lowest BCUT2D eigenvalue weighted by Crippen LogP contribution is -2.14. The van der Waals surface area contributed by atoms with E-state index in [9.17, 15) is 0 Å². The SMILES string of the molecule is COC(C)Cn1ccc2cccc(CCN)c21. The van der Waals surface area contributed by atoms with Gasteiger partial charge in [0.2, 0.25) is 0 Å². The maximum absolute atomic E-state index is 5.66. The van der Waals surface area contributed by atoms with Crippen molar-refractivity contribution >= 4 is 10.9 Å². The van der Waals surface area contributed by atoms with Gasteiger partial charge in [-0.05, 0) is 36.9 Å². The summed E-state index contributed by atoms with van der Waals surface area (Å²) in [6, 6.07) is 8.54. The first kappa shape index (κ1) is 12.1. The highest BCUT2D eigenvalue weighted by Crippen LogP contribution is 2.21. The molecule has 0 amide bonds. The first-order chi connectivity index (χ1) is 8.26. The van der Waals surface area contributed by atoms with Crippen LogP contribution < -0.4 is 5.73 Å². The second kappa shape index (κ2) is 5.34. The molecule has 0 radical (unpaired) electrons. The van der Waals surface area contributed by atoms with E-state index in [1.54, 1.807) is 7.11 Å². The summed E-state index contributed by atoms with van der Waals surface area (Å²) in [5.74, 6) is 0. The molecule has 0 aliphatic rings. The van der Waals surface area contributed by atoms with Gasteiger partial charge in [0.1, 0.15) is 0 Å². The maximum atomic E-state index is 5.66. The number of methoxy groups -OCH3 is 1. The number of hydrogen-bond donors (Lipinski definition) is 1. The molecule has 0 saturated heterocycles. The average Bonchev–Trinajstić information content (AvgIpc) is 2.74. The van der Waals surface area contributed by atoms with Gasteiger partial charge in [0.05, 0.1) is 11.6 Å². The fraction of sp³-hybridized carbons (Fsp3) is 0.429. The highest BCUT2D eigenvalue weighted by atomic mass is 16.5. The molecule has 0 aliphatic heterocycles. The van der Waals surface area contributed by atoms with Crippen LogP contribution in [0.25, 0.3) is 10.9 Å². The molecule has 0 aliphatic carbocycles. The summed E-state index contributed by atoms with van der Waals surface area (Å²) in [4.78, 5) is 0. The summed E-state index contributed by atoms with van der Waals surface area (Å²) in [5.41, 5.74) is 8.28. The van der Waals surface area contributed by atoms with E-state index in [2.05, 4.69) is 42.0 Å². The molecule has 1 heterocycles. The number of nitrogens with zero attached hydrogens (tertiary/aromatic N) is 1. The third kappa shape index (κ3) is 2.51. The van der Waals surface area contributed by atoms with Crippen molar-refractivity contribution < 1.29 is 4.74 Å². The molecule has 3 nitrogen and oxygen atoms in total. The topological polar surface area (TPSA) is 40.2 Å². The zero-order valence-corrected chi connectivity index (χ0v) is 10.5. The summed E-state index contributed by atoms with van der Waals surface area (Å²) in [7, 11) is 1.75. The smallest absolute Gasteiger partial charge is 0.0722 e. The lowest BCUT2D eigenvalue weighted by Gasteiger charge is -2.13. The molecule has 0 fully saturated rings. The highest BCUT2D eigenvalue weighted by molar-refractivity contribution is 5.83. The van der Waals surface area contributed by atoms with Crippen molar-refractivity contribution in [1.29, 1.82) is 0 Å². The molecule has 2 rings (SSSR count). The molecular weight excluding hydrogens is 212 g/mol. The van der Waals surface area contributed by atoms with E-state index in [1.165, 1.54) is 16.5 Å². The van der Waals surface area contributed by atoms with Gasteiger partial charge >= 0.3 is 0 Å². The van der Waals surface area contributed by atoms with Gasteiger partial charge in [-0.3, -0.25) is 0 Å². The number of rotatable bonds is 5. The van der Waals surface area contributed by atoms with Gasteiger partial charge < -0.3 is 15.0 Å². The van der Waals surface area contributed by atoms with E-state index in [4.69, 9.17) is 10.5 Å². The van der Waals surface area contributed by atoms with Crippen molar-refractivity contribution in [2.75, 3.05) is 13.7 Å². The molecule has 1 aromatic heterocycles. The third-order valence-corrected chi connectivity index (χ3v) is 3.14. The van der Waals surface area contributed by atoms with E-state index < -0.39 is 0 Å².